The van der Waals surface area contributed by atoms with Crippen LogP contribution >= 0.6 is 0 Å². The Morgan fingerprint density at radius 3 is 2.02 bits per heavy atom. The van der Waals surface area contributed by atoms with E-state index in [1.165, 1.54) is 19.1 Å². The molecule has 234 valence electrons. The third kappa shape index (κ3) is 13.2. The summed E-state index contributed by atoms with van der Waals surface area (Å²) in [6.45, 7) is 4.79. The maximum Gasteiger partial charge on any atom is 0.573 e. The van der Waals surface area contributed by atoms with Crippen LogP contribution in [-0.4, -0.2) is 71.8 Å². The molecule has 2 unspecified atom stereocenters. The summed E-state index contributed by atoms with van der Waals surface area (Å²) in [7, 11) is -1.59. The van der Waals surface area contributed by atoms with Crippen molar-refractivity contribution in [1.29, 1.82) is 0 Å². The molecule has 2 aromatic rings. The molecule has 0 aliphatic carbocycles. The number of amides is 4. The predicted molar refractivity (Wildman–Crippen MR) is 151 cm³/mol. The van der Waals surface area contributed by atoms with Crippen molar-refractivity contribution in [3.05, 3.63) is 65.7 Å². The molecule has 0 heterocycles. The minimum atomic E-state index is -4.85. The van der Waals surface area contributed by atoms with Gasteiger partial charge in [0.1, 0.15) is 23.9 Å². The molecule has 0 spiro atoms. The molecule has 0 fully saturated rings. The number of nitrogens with one attached hydrogen (secondary N) is 4. The molecule has 0 radical (unpaired) electrons. The summed E-state index contributed by atoms with van der Waals surface area (Å²) in [6.07, 6.45) is -5.09. The maximum atomic E-state index is 13.3. The molecular formula is C28H36BF3N4O7. The fraction of sp³-hybridized carbons (Fsp3) is 0.429. The number of ether oxygens (including phenoxy) is 1. The van der Waals surface area contributed by atoms with E-state index in [0.29, 0.717) is 5.56 Å². The monoisotopic (exact) mass is 608 g/mol. The van der Waals surface area contributed by atoms with Crippen LogP contribution in [0.5, 0.6) is 5.75 Å². The molecule has 4 amide bonds. The lowest BCUT2D eigenvalue weighted by atomic mass is 9.86. The molecule has 2 aromatic carbocycles. The topological polar surface area (TPSA) is 166 Å². The van der Waals surface area contributed by atoms with E-state index in [0.717, 1.165) is 17.7 Å². The van der Waals surface area contributed by atoms with E-state index in [1.54, 1.807) is 44.2 Å². The van der Waals surface area contributed by atoms with Gasteiger partial charge in [-0.05, 0) is 42.4 Å². The molecule has 6 N–H and O–H groups in total. The average Bonchev–Trinajstić information content (AvgIpc) is 2.91. The summed E-state index contributed by atoms with van der Waals surface area (Å²) in [4.78, 5) is 51.6. The standard InChI is InChI=1S/C28H36BF3N4O7/c1-17(2)24(36-23(37)16-20-9-11-21(12-10-20)43-28(30,31)32)27(40)35-22(15-19-7-5-4-6-8-19)26(39)34-18(3)25(38)33-14-13-29(41)42/h4-12,17-18,22,24,41-42H,13-16H2,1-3H3,(H,33,38)(H,34,39)(H,35,40)(H,36,37)/t18-,22?,24?/m0/s1. The van der Waals surface area contributed by atoms with Crippen LogP contribution in [0.4, 0.5) is 13.2 Å². The highest BCUT2D eigenvalue weighted by atomic mass is 19.4. The van der Waals surface area contributed by atoms with Gasteiger partial charge in [-0.2, -0.15) is 0 Å². The van der Waals surface area contributed by atoms with Crippen LogP contribution in [0.3, 0.4) is 0 Å². The maximum absolute atomic E-state index is 13.3. The number of hydrogen-bond acceptors (Lipinski definition) is 7. The first kappa shape index (κ1) is 35.1. The zero-order valence-electron chi connectivity index (χ0n) is 24.0. The number of carbonyl (C=O) groups is 4. The fourth-order valence-electron chi connectivity index (χ4n) is 3.93. The van der Waals surface area contributed by atoms with Gasteiger partial charge in [-0.15, -0.1) is 13.2 Å². The Bertz CT molecular complexity index is 1220. The van der Waals surface area contributed by atoms with Crippen LogP contribution in [0.15, 0.2) is 54.6 Å². The van der Waals surface area contributed by atoms with E-state index >= 15 is 0 Å². The smallest absolute Gasteiger partial charge is 0.427 e. The lowest BCUT2D eigenvalue weighted by molar-refractivity contribution is -0.274. The summed E-state index contributed by atoms with van der Waals surface area (Å²) in [5, 5.41) is 28.2. The number of rotatable bonds is 15. The normalized spacial score (nSPS) is 13.3. The zero-order valence-corrected chi connectivity index (χ0v) is 24.0. The third-order valence-electron chi connectivity index (χ3n) is 6.16. The number of carbonyl (C=O) groups excluding carboxylic acids is 4. The molecule has 2 rings (SSSR count). The summed E-state index contributed by atoms with van der Waals surface area (Å²) in [5.41, 5.74) is 1.11. The fourth-order valence-corrected chi connectivity index (χ4v) is 3.93. The van der Waals surface area contributed by atoms with Gasteiger partial charge in [0.2, 0.25) is 23.6 Å². The molecule has 3 atom stereocenters. The quantitative estimate of drug-likeness (QED) is 0.165. The molecule has 15 heteroatoms. The first-order valence-corrected chi connectivity index (χ1v) is 13.6. The van der Waals surface area contributed by atoms with E-state index in [9.17, 15) is 32.3 Å². The van der Waals surface area contributed by atoms with Crippen molar-refractivity contribution in [2.75, 3.05) is 6.54 Å². The zero-order chi connectivity index (χ0) is 32.2. The second-order valence-corrected chi connectivity index (χ2v) is 10.2. The van der Waals surface area contributed by atoms with E-state index < -0.39 is 66.9 Å². The molecule has 11 nitrogen and oxygen atoms in total. The van der Waals surface area contributed by atoms with E-state index in [-0.39, 0.29) is 25.7 Å². The van der Waals surface area contributed by atoms with Gasteiger partial charge in [-0.3, -0.25) is 19.2 Å². The van der Waals surface area contributed by atoms with Crippen LogP contribution in [0.2, 0.25) is 6.32 Å². The molecule has 43 heavy (non-hydrogen) atoms. The minimum Gasteiger partial charge on any atom is -0.427 e. The highest BCUT2D eigenvalue weighted by molar-refractivity contribution is 6.41. The number of benzene rings is 2. The number of halogens is 3. The van der Waals surface area contributed by atoms with Crippen molar-refractivity contribution in [3.63, 3.8) is 0 Å². The van der Waals surface area contributed by atoms with Crippen LogP contribution in [0.1, 0.15) is 31.9 Å². The van der Waals surface area contributed by atoms with Gasteiger partial charge >= 0.3 is 13.5 Å². The molecular weight excluding hydrogens is 572 g/mol. The largest absolute Gasteiger partial charge is 0.573 e. The van der Waals surface area contributed by atoms with Gasteiger partial charge in [0.05, 0.1) is 6.42 Å². The Morgan fingerprint density at radius 2 is 1.47 bits per heavy atom. The summed E-state index contributed by atoms with van der Waals surface area (Å²) >= 11 is 0. The van der Waals surface area contributed by atoms with Crippen molar-refractivity contribution < 1.29 is 47.1 Å². The van der Waals surface area contributed by atoms with Gasteiger partial charge in [-0.1, -0.05) is 56.3 Å². The van der Waals surface area contributed by atoms with Crippen molar-refractivity contribution >= 4 is 30.7 Å². The Kier molecular flexibility index (Phi) is 13.5. The van der Waals surface area contributed by atoms with Crippen LogP contribution in [0.25, 0.3) is 0 Å². The molecule has 0 saturated carbocycles. The van der Waals surface area contributed by atoms with E-state index in [2.05, 4.69) is 26.0 Å². The number of alkyl halides is 3. The van der Waals surface area contributed by atoms with E-state index in [1.807, 2.05) is 0 Å². The first-order chi connectivity index (χ1) is 20.1. The van der Waals surface area contributed by atoms with Crippen molar-refractivity contribution in [1.82, 2.24) is 21.3 Å². The Hall–Kier alpha value is -4.11. The Labute approximate surface area is 247 Å². The van der Waals surface area contributed by atoms with Gasteiger partial charge in [0, 0.05) is 13.0 Å². The molecule has 0 aromatic heterocycles. The molecule has 0 aliphatic heterocycles. The lowest BCUT2D eigenvalue weighted by Crippen LogP contribution is -2.58. The van der Waals surface area contributed by atoms with Crippen molar-refractivity contribution in [2.24, 2.45) is 5.92 Å². The Balaban J connectivity index is 2.09. The molecule has 0 saturated heterocycles. The number of hydrogen-bond donors (Lipinski definition) is 6. The van der Waals surface area contributed by atoms with Crippen LogP contribution < -0.4 is 26.0 Å². The van der Waals surface area contributed by atoms with Crippen LogP contribution in [-0.2, 0) is 32.0 Å². The summed E-state index contributed by atoms with van der Waals surface area (Å²) in [6, 6.07) is 10.4. The molecule has 0 aliphatic rings. The van der Waals surface area contributed by atoms with Gasteiger partial charge < -0.3 is 36.1 Å². The second kappa shape index (κ2) is 16.5. The minimum absolute atomic E-state index is 0.0257. The van der Waals surface area contributed by atoms with Crippen LogP contribution in [0, 0.1) is 5.92 Å². The highest BCUT2D eigenvalue weighted by Crippen LogP contribution is 2.23. The third-order valence-corrected chi connectivity index (χ3v) is 6.16. The van der Waals surface area contributed by atoms with Gasteiger partial charge in [0.25, 0.3) is 0 Å². The van der Waals surface area contributed by atoms with E-state index in [4.69, 9.17) is 10.0 Å². The first-order valence-electron chi connectivity index (χ1n) is 13.6. The summed E-state index contributed by atoms with van der Waals surface area (Å²) in [5.74, 6) is -3.28. The Morgan fingerprint density at radius 1 is 0.837 bits per heavy atom. The predicted octanol–water partition coefficient (Wildman–Crippen LogP) is 1.09. The van der Waals surface area contributed by atoms with Crippen molar-refractivity contribution in [3.8, 4) is 5.75 Å². The van der Waals surface area contributed by atoms with Crippen molar-refractivity contribution in [2.45, 2.75) is 64.4 Å². The second-order valence-electron chi connectivity index (χ2n) is 10.2. The summed E-state index contributed by atoms with van der Waals surface area (Å²) < 4.78 is 41.0. The SMILES string of the molecule is CC(C)C(NC(=O)Cc1ccc(OC(F)(F)F)cc1)C(=O)NC(Cc1ccccc1)C(=O)N[C@@H](C)C(=O)NCCB(O)O. The highest BCUT2D eigenvalue weighted by Gasteiger charge is 2.32. The lowest BCUT2D eigenvalue weighted by Gasteiger charge is -2.26. The van der Waals surface area contributed by atoms with Gasteiger partial charge in [-0.25, -0.2) is 0 Å². The average molecular weight is 608 g/mol. The molecule has 0 bridgehead atoms. The van der Waals surface area contributed by atoms with Gasteiger partial charge in [0.15, 0.2) is 0 Å².